The van der Waals surface area contributed by atoms with Crippen molar-refractivity contribution in [1.82, 2.24) is 5.32 Å². The van der Waals surface area contributed by atoms with Gasteiger partial charge in [-0.2, -0.15) is 0 Å². The summed E-state index contributed by atoms with van der Waals surface area (Å²) in [6.45, 7) is 6.49. The van der Waals surface area contributed by atoms with E-state index in [0.29, 0.717) is 18.1 Å². The molecule has 0 saturated carbocycles. The third kappa shape index (κ3) is 4.92. The van der Waals surface area contributed by atoms with Gasteiger partial charge in [-0.15, -0.1) is 0 Å². The molecule has 0 fully saturated rings. The molecule has 0 bridgehead atoms. The van der Waals surface area contributed by atoms with Gasteiger partial charge in [0.2, 0.25) is 0 Å². The fourth-order valence-corrected chi connectivity index (χ4v) is 2.14. The van der Waals surface area contributed by atoms with Gasteiger partial charge < -0.3 is 20.1 Å². The van der Waals surface area contributed by atoms with Gasteiger partial charge in [0.05, 0.1) is 6.61 Å². The molecule has 2 aromatic carbocycles. The highest BCUT2D eigenvalue weighted by atomic mass is 16.5. The van der Waals surface area contributed by atoms with Crippen molar-refractivity contribution >= 4 is 11.7 Å². The summed E-state index contributed by atoms with van der Waals surface area (Å²) in [5.74, 6) is 1.26. The van der Waals surface area contributed by atoms with E-state index in [2.05, 4.69) is 10.6 Å². The molecule has 0 saturated heterocycles. The molecule has 23 heavy (non-hydrogen) atoms. The van der Waals surface area contributed by atoms with Crippen LogP contribution in [0, 0.1) is 13.8 Å². The van der Waals surface area contributed by atoms with Crippen LogP contribution in [0.4, 0.5) is 10.5 Å². The molecule has 0 atom stereocenters. The van der Waals surface area contributed by atoms with Crippen molar-refractivity contribution in [3.8, 4) is 11.5 Å². The summed E-state index contributed by atoms with van der Waals surface area (Å²) in [5, 5.41) is 5.47. The number of para-hydroxylation sites is 2. The van der Waals surface area contributed by atoms with Crippen molar-refractivity contribution in [2.75, 3.05) is 18.7 Å². The van der Waals surface area contributed by atoms with Crippen LogP contribution < -0.4 is 20.1 Å². The van der Waals surface area contributed by atoms with E-state index in [9.17, 15) is 4.79 Å². The molecule has 0 heterocycles. The van der Waals surface area contributed by atoms with E-state index in [1.807, 2.05) is 57.2 Å². The van der Waals surface area contributed by atoms with Gasteiger partial charge in [0.25, 0.3) is 0 Å². The summed E-state index contributed by atoms with van der Waals surface area (Å²) in [6.07, 6.45) is 0. The van der Waals surface area contributed by atoms with Gasteiger partial charge in [-0.05, 0) is 44.5 Å². The molecule has 2 amide bonds. The molecule has 122 valence electrons. The highest BCUT2D eigenvalue weighted by Gasteiger charge is 2.06. The highest BCUT2D eigenvalue weighted by molar-refractivity contribution is 5.90. The van der Waals surface area contributed by atoms with Crippen LogP contribution in [0.5, 0.6) is 11.5 Å². The fourth-order valence-electron chi connectivity index (χ4n) is 2.14. The van der Waals surface area contributed by atoms with Gasteiger partial charge in [-0.1, -0.05) is 29.8 Å². The number of hydrogen-bond donors (Lipinski definition) is 2. The number of urea groups is 1. The second kappa shape index (κ2) is 8.08. The highest BCUT2D eigenvalue weighted by Crippen LogP contribution is 2.25. The first-order chi connectivity index (χ1) is 11.1. The topological polar surface area (TPSA) is 59.6 Å². The predicted octanol–water partition coefficient (Wildman–Crippen LogP) is 3.86. The first kappa shape index (κ1) is 16.7. The van der Waals surface area contributed by atoms with E-state index < -0.39 is 0 Å². The van der Waals surface area contributed by atoms with Gasteiger partial charge in [-0.25, -0.2) is 4.79 Å². The third-order valence-electron chi connectivity index (χ3n) is 3.24. The average molecular weight is 314 g/mol. The lowest BCUT2D eigenvalue weighted by molar-refractivity contribution is 0.229. The molecule has 2 rings (SSSR count). The molecule has 0 aliphatic heterocycles. The van der Waals surface area contributed by atoms with E-state index in [-0.39, 0.29) is 12.8 Å². The van der Waals surface area contributed by atoms with Crippen LogP contribution in [0.1, 0.15) is 18.1 Å². The maximum absolute atomic E-state index is 11.9. The van der Waals surface area contributed by atoms with Crippen LogP contribution in [-0.2, 0) is 0 Å². The number of aryl methyl sites for hydroxylation is 2. The van der Waals surface area contributed by atoms with Crippen molar-refractivity contribution in [2.45, 2.75) is 20.8 Å². The Hall–Kier alpha value is -2.69. The standard InChI is InChI=1S/C18H22N2O3/c1-4-22-16-7-5-6-8-17(16)23-12-19-18(21)20-15-10-9-13(2)11-14(15)3/h5-11H,4,12H2,1-3H3,(H2,19,20,21). The molecule has 2 aromatic rings. The van der Waals surface area contributed by atoms with Gasteiger partial charge in [0, 0.05) is 5.69 Å². The molecule has 0 unspecified atom stereocenters. The molecular weight excluding hydrogens is 292 g/mol. The SMILES string of the molecule is CCOc1ccccc1OCNC(=O)Nc1ccc(C)cc1C. The second-order valence-electron chi connectivity index (χ2n) is 5.12. The van der Waals surface area contributed by atoms with Crippen LogP contribution in [0.2, 0.25) is 0 Å². The zero-order valence-corrected chi connectivity index (χ0v) is 13.7. The summed E-state index contributed by atoms with van der Waals surface area (Å²) in [5.41, 5.74) is 2.95. The van der Waals surface area contributed by atoms with E-state index in [1.165, 1.54) is 0 Å². The largest absolute Gasteiger partial charge is 0.490 e. The van der Waals surface area contributed by atoms with Crippen LogP contribution in [-0.4, -0.2) is 19.4 Å². The Bertz CT molecular complexity index is 671. The minimum atomic E-state index is -0.314. The number of hydrogen-bond acceptors (Lipinski definition) is 3. The van der Waals surface area contributed by atoms with Crippen LogP contribution in [0.3, 0.4) is 0 Å². The summed E-state index contributed by atoms with van der Waals surface area (Å²) in [4.78, 5) is 11.9. The van der Waals surface area contributed by atoms with Crippen molar-refractivity contribution in [1.29, 1.82) is 0 Å². The van der Waals surface area contributed by atoms with Crippen molar-refractivity contribution in [2.24, 2.45) is 0 Å². The Balaban J connectivity index is 1.85. The number of ether oxygens (including phenoxy) is 2. The van der Waals surface area contributed by atoms with E-state index in [0.717, 1.165) is 16.8 Å². The molecule has 0 aliphatic carbocycles. The van der Waals surface area contributed by atoms with E-state index >= 15 is 0 Å². The smallest absolute Gasteiger partial charge is 0.321 e. The van der Waals surface area contributed by atoms with Gasteiger partial charge in [0.15, 0.2) is 18.2 Å². The molecular formula is C18H22N2O3. The van der Waals surface area contributed by atoms with E-state index in [1.54, 1.807) is 6.07 Å². The first-order valence-corrected chi connectivity index (χ1v) is 7.57. The third-order valence-corrected chi connectivity index (χ3v) is 3.24. The molecule has 0 aromatic heterocycles. The molecule has 0 spiro atoms. The van der Waals surface area contributed by atoms with Gasteiger partial charge in [-0.3, -0.25) is 0 Å². The molecule has 5 nitrogen and oxygen atoms in total. The zero-order chi connectivity index (χ0) is 16.7. The van der Waals surface area contributed by atoms with Crippen LogP contribution >= 0.6 is 0 Å². The molecule has 0 radical (unpaired) electrons. The van der Waals surface area contributed by atoms with Crippen LogP contribution in [0.15, 0.2) is 42.5 Å². The summed E-state index contributed by atoms with van der Waals surface area (Å²) in [7, 11) is 0. The van der Waals surface area contributed by atoms with Gasteiger partial charge in [0.1, 0.15) is 0 Å². The predicted molar refractivity (Wildman–Crippen MR) is 91.2 cm³/mol. The Morgan fingerprint density at radius 1 is 1.04 bits per heavy atom. The van der Waals surface area contributed by atoms with Gasteiger partial charge >= 0.3 is 6.03 Å². The number of amides is 2. The Labute approximate surface area is 136 Å². The van der Waals surface area contributed by atoms with Crippen molar-refractivity contribution in [3.05, 3.63) is 53.6 Å². The zero-order valence-electron chi connectivity index (χ0n) is 13.7. The number of anilines is 1. The lowest BCUT2D eigenvalue weighted by atomic mass is 10.1. The minimum Gasteiger partial charge on any atom is -0.490 e. The normalized spacial score (nSPS) is 10.0. The lowest BCUT2D eigenvalue weighted by Gasteiger charge is -2.13. The summed E-state index contributed by atoms with van der Waals surface area (Å²) < 4.78 is 11.0. The molecule has 2 N–H and O–H groups in total. The number of nitrogens with one attached hydrogen (secondary N) is 2. The van der Waals surface area contributed by atoms with Crippen LogP contribution in [0.25, 0.3) is 0 Å². The van der Waals surface area contributed by atoms with E-state index in [4.69, 9.17) is 9.47 Å². The number of carbonyl (C=O) groups excluding carboxylic acids is 1. The lowest BCUT2D eigenvalue weighted by Crippen LogP contribution is -2.32. The molecule has 5 heteroatoms. The quantitative estimate of drug-likeness (QED) is 0.796. The summed E-state index contributed by atoms with van der Waals surface area (Å²) >= 11 is 0. The fraction of sp³-hybridized carbons (Fsp3) is 0.278. The first-order valence-electron chi connectivity index (χ1n) is 7.57. The monoisotopic (exact) mass is 314 g/mol. The second-order valence-corrected chi connectivity index (χ2v) is 5.12. The maximum Gasteiger partial charge on any atom is 0.321 e. The summed E-state index contributed by atoms with van der Waals surface area (Å²) in [6, 6.07) is 12.9. The number of benzene rings is 2. The Morgan fingerprint density at radius 3 is 2.39 bits per heavy atom. The molecule has 0 aliphatic rings. The Kier molecular flexibility index (Phi) is 5.86. The maximum atomic E-state index is 11.9. The number of rotatable bonds is 6. The van der Waals surface area contributed by atoms with Crippen molar-refractivity contribution < 1.29 is 14.3 Å². The van der Waals surface area contributed by atoms with Crippen molar-refractivity contribution in [3.63, 3.8) is 0 Å². The number of carbonyl (C=O) groups is 1. The Morgan fingerprint density at radius 2 is 1.74 bits per heavy atom. The average Bonchev–Trinajstić information content (AvgIpc) is 2.52. The minimum absolute atomic E-state index is 0.0564.